The molecule has 0 saturated heterocycles. The number of ether oxygens (including phenoxy) is 2. The molecule has 97 valence electrons. The Hall–Kier alpha value is -0.0800. The van der Waals surface area contributed by atoms with E-state index in [1.807, 2.05) is 0 Å². The average Bonchev–Trinajstić information content (AvgIpc) is 2.28. The van der Waals surface area contributed by atoms with Crippen molar-refractivity contribution in [1.29, 1.82) is 0 Å². The summed E-state index contributed by atoms with van der Waals surface area (Å²) in [6.45, 7) is 16.7. The van der Waals surface area contributed by atoms with Crippen molar-refractivity contribution in [3.63, 3.8) is 0 Å². The molecular weight excluding hydrogens is 200 g/mol. The predicted molar refractivity (Wildman–Crippen MR) is 69.3 cm³/mol. The molecule has 0 spiro atoms. The van der Waals surface area contributed by atoms with Gasteiger partial charge in [0, 0.05) is 6.92 Å². The zero-order chi connectivity index (χ0) is 12.8. The van der Waals surface area contributed by atoms with E-state index in [-0.39, 0.29) is 17.5 Å². The van der Waals surface area contributed by atoms with Gasteiger partial charge in [-0.3, -0.25) is 0 Å². The molecule has 2 heteroatoms. The summed E-state index contributed by atoms with van der Waals surface area (Å²) in [5.41, 5.74) is -0.233. The first-order valence-electron chi connectivity index (χ1n) is 6.53. The maximum Gasteiger partial charge on any atom is 0.159 e. The molecule has 0 bridgehead atoms. The molecule has 0 aromatic carbocycles. The molecular formula is C14H29O2. The van der Waals surface area contributed by atoms with E-state index >= 15 is 0 Å². The van der Waals surface area contributed by atoms with E-state index in [1.54, 1.807) is 0 Å². The lowest BCUT2D eigenvalue weighted by molar-refractivity contribution is -0.231. The van der Waals surface area contributed by atoms with Crippen LogP contribution in [0, 0.1) is 6.92 Å². The first kappa shape index (κ1) is 15.9. The van der Waals surface area contributed by atoms with Crippen LogP contribution < -0.4 is 0 Å². The molecule has 0 saturated carbocycles. The minimum Gasteiger partial charge on any atom is -0.347 e. The van der Waals surface area contributed by atoms with Crippen LogP contribution >= 0.6 is 0 Å². The summed E-state index contributed by atoms with van der Waals surface area (Å²) in [5.74, 6) is 0. The summed E-state index contributed by atoms with van der Waals surface area (Å²) in [5, 5.41) is 0. The highest BCUT2D eigenvalue weighted by molar-refractivity contribution is 4.76. The maximum atomic E-state index is 5.90. The molecule has 0 aromatic heterocycles. The summed E-state index contributed by atoms with van der Waals surface area (Å²) < 4.78 is 11.8. The van der Waals surface area contributed by atoms with Crippen molar-refractivity contribution in [3.05, 3.63) is 6.92 Å². The van der Waals surface area contributed by atoms with Gasteiger partial charge in [-0.25, -0.2) is 0 Å². The van der Waals surface area contributed by atoms with Crippen molar-refractivity contribution >= 4 is 0 Å². The molecule has 0 heterocycles. The van der Waals surface area contributed by atoms with Crippen molar-refractivity contribution in [2.24, 2.45) is 0 Å². The van der Waals surface area contributed by atoms with E-state index < -0.39 is 0 Å². The van der Waals surface area contributed by atoms with Gasteiger partial charge in [0.05, 0.1) is 11.2 Å². The third kappa shape index (κ3) is 4.84. The smallest absolute Gasteiger partial charge is 0.159 e. The molecule has 16 heavy (non-hydrogen) atoms. The largest absolute Gasteiger partial charge is 0.347 e. The molecule has 0 aliphatic carbocycles. The Morgan fingerprint density at radius 3 is 1.25 bits per heavy atom. The second kappa shape index (κ2) is 6.61. The van der Waals surface area contributed by atoms with Gasteiger partial charge in [-0.15, -0.1) is 0 Å². The van der Waals surface area contributed by atoms with E-state index in [2.05, 4.69) is 48.5 Å². The Kier molecular flexibility index (Phi) is 6.57. The Morgan fingerprint density at radius 1 is 0.812 bits per heavy atom. The molecule has 0 amide bonds. The van der Waals surface area contributed by atoms with Crippen LogP contribution in [-0.2, 0) is 9.47 Å². The van der Waals surface area contributed by atoms with Crippen LogP contribution in [0.5, 0.6) is 0 Å². The molecule has 0 rings (SSSR count). The topological polar surface area (TPSA) is 18.5 Å². The summed E-state index contributed by atoms with van der Waals surface area (Å²) >= 11 is 0. The summed E-state index contributed by atoms with van der Waals surface area (Å²) in [7, 11) is 0. The van der Waals surface area contributed by atoms with Gasteiger partial charge >= 0.3 is 0 Å². The predicted octanol–water partition coefficient (Wildman–Crippen LogP) is 4.34. The molecule has 0 aromatic rings. The Labute approximate surface area is 102 Å². The van der Waals surface area contributed by atoms with Crippen LogP contribution in [0.4, 0.5) is 0 Å². The number of hydrogen-bond donors (Lipinski definition) is 0. The molecule has 1 radical (unpaired) electrons. The van der Waals surface area contributed by atoms with Gasteiger partial charge in [0.1, 0.15) is 0 Å². The van der Waals surface area contributed by atoms with Crippen molar-refractivity contribution < 1.29 is 9.47 Å². The number of rotatable bonds is 8. The van der Waals surface area contributed by atoms with Gasteiger partial charge in [0.15, 0.2) is 6.29 Å². The molecule has 0 atom stereocenters. The lowest BCUT2D eigenvalue weighted by Crippen LogP contribution is -2.38. The lowest BCUT2D eigenvalue weighted by Gasteiger charge is -2.36. The third-order valence-corrected chi connectivity index (χ3v) is 3.82. The van der Waals surface area contributed by atoms with Crippen LogP contribution in [0.1, 0.15) is 67.2 Å². The van der Waals surface area contributed by atoms with Gasteiger partial charge < -0.3 is 9.47 Å². The normalized spacial score (nSPS) is 13.5. The van der Waals surface area contributed by atoms with Crippen molar-refractivity contribution in [2.75, 3.05) is 0 Å². The average molecular weight is 229 g/mol. The van der Waals surface area contributed by atoms with Crippen molar-refractivity contribution in [1.82, 2.24) is 0 Å². The van der Waals surface area contributed by atoms with E-state index in [0.717, 1.165) is 25.7 Å². The summed E-state index contributed by atoms with van der Waals surface area (Å²) in [6, 6.07) is 0. The molecule has 0 unspecified atom stereocenters. The molecule has 0 aliphatic rings. The van der Waals surface area contributed by atoms with E-state index in [4.69, 9.17) is 9.47 Å². The molecule has 0 N–H and O–H groups in total. The summed E-state index contributed by atoms with van der Waals surface area (Å²) in [6.07, 6.45) is 3.54. The van der Waals surface area contributed by atoms with Crippen molar-refractivity contribution in [3.8, 4) is 0 Å². The monoisotopic (exact) mass is 229 g/mol. The van der Waals surface area contributed by atoms with Crippen molar-refractivity contribution in [2.45, 2.75) is 84.7 Å². The fourth-order valence-electron chi connectivity index (χ4n) is 1.49. The van der Waals surface area contributed by atoms with Gasteiger partial charge in [0.25, 0.3) is 0 Å². The maximum absolute atomic E-state index is 5.90. The van der Waals surface area contributed by atoms with Gasteiger partial charge in [-0.2, -0.15) is 0 Å². The standard InChI is InChI=1S/C14H29O2/c1-8-13(6,9-2)15-12(5)16-14(7,10-3)11-4/h12H,5,8-11H2,1-4,6-7H3. The highest BCUT2D eigenvalue weighted by atomic mass is 16.7. The summed E-state index contributed by atoms with van der Waals surface area (Å²) in [4.78, 5) is 0. The van der Waals surface area contributed by atoms with Crippen LogP contribution in [0.15, 0.2) is 0 Å². The lowest BCUT2D eigenvalue weighted by atomic mass is 9.99. The Balaban J connectivity index is 4.31. The van der Waals surface area contributed by atoms with E-state index in [9.17, 15) is 0 Å². The Morgan fingerprint density at radius 2 is 1.06 bits per heavy atom. The van der Waals surface area contributed by atoms with Crippen LogP contribution in [-0.4, -0.2) is 17.5 Å². The van der Waals surface area contributed by atoms with E-state index in [1.165, 1.54) is 0 Å². The Bertz CT molecular complexity index is 161. The van der Waals surface area contributed by atoms with Gasteiger partial charge in [0.2, 0.25) is 0 Å². The fourth-order valence-corrected chi connectivity index (χ4v) is 1.49. The minimum atomic E-state index is -0.380. The molecule has 0 fully saturated rings. The zero-order valence-electron chi connectivity index (χ0n) is 11.9. The van der Waals surface area contributed by atoms with Crippen LogP contribution in [0.25, 0.3) is 0 Å². The van der Waals surface area contributed by atoms with E-state index in [0.29, 0.717) is 0 Å². The van der Waals surface area contributed by atoms with Crippen LogP contribution in [0.3, 0.4) is 0 Å². The van der Waals surface area contributed by atoms with Crippen LogP contribution in [0.2, 0.25) is 0 Å². The second-order valence-corrected chi connectivity index (χ2v) is 4.98. The molecule has 0 aliphatic heterocycles. The molecule has 2 nitrogen and oxygen atoms in total. The quantitative estimate of drug-likeness (QED) is 0.576. The SMILES string of the molecule is [CH2]C(OC(C)(CC)CC)OC(C)(CC)CC. The zero-order valence-corrected chi connectivity index (χ0v) is 11.9. The first-order chi connectivity index (χ1) is 7.34. The number of hydrogen-bond acceptors (Lipinski definition) is 2. The highest BCUT2D eigenvalue weighted by Gasteiger charge is 2.28. The minimum absolute atomic E-state index is 0.116. The first-order valence-corrected chi connectivity index (χ1v) is 6.53. The van der Waals surface area contributed by atoms with Gasteiger partial charge in [-0.05, 0) is 39.5 Å². The second-order valence-electron chi connectivity index (χ2n) is 4.98. The third-order valence-electron chi connectivity index (χ3n) is 3.82. The highest BCUT2D eigenvalue weighted by Crippen LogP contribution is 2.26. The van der Waals surface area contributed by atoms with Gasteiger partial charge in [-0.1, -0.05) is 27.7 Å². The fraction of sp³-hybridized carbons (Fsp3) is 0.929.